The van der Waals surface area contributed by atoms with E-state index in [0.717, 1.165) is 0 Å². The second-order valence-electron chi connectivity index (χ2n) is 10.3. The monoisotopic (exact) mass is 682 g/mol. The van der Waals surface area contributed by atoms with Crippen LogP contribution in [0, 0.1) is 12.3 Å². The molecule has 7 rings (SSSR count). The van der Waals surface area contributed by atoms with Crippen molar-refractivity contribution in [3.8, 4) is 34.6 Å². The largest absolute Gasteiger partial charge is 2.00 e. The molecule has 5 aromatic rings. The summed E-state index contributed by atoms with van der Waals surface area (Å²) in [5.74, 6) is -2.13. The number of fused-ring (bicyclic) bond motifs is 8. The Kier molecular flexibility index (Phi) is 8.06. The molecule has 0 fully saturated rings. The van der Waals surface area contributed by atoms with Crippen LogP contribution in [0.5, 0.6) is 0 Å². The van der Waals surface area contributed by atoms with Crippen LogP contribution in [0.1, 0.15) is 33.9 Å². The number of nitrogens with zero attached hydrogens (tertiary/aromatic N) is 4. The van der Waals surface area contributed by atoms with Crippen LogP contribution < -0.4 is 9.97 Å². The normalized spacial score (nSPS) is 12.5. The number of rotatable bonds is 4. The molecule has 0 aliphatic carbocycles. The summed E-state index contributed by atoms with van der Waals surface area (Å²) in [6.07, 6.45) is 11.5. The molecule has 0 spiro atoms. The van der Waals surface area contributed by atoms with Crippen LogP contribution in [0.25, 0.3) is 68.6 Å². The van der Waals surface area contributed by atoms with Gasteiger partial charge in [0.1, 0.15) is 0 Å². The van der Waals surface area contributed by atoms with Gasteiger partial charge in [0, 0.05) is 0 Å². The summed E-state index contributed by atoms with van der Waals surface area (Å²) >= 11 is 5.05. The Hall–Kier alpha value is -4.77. The first-order valence-electron chi connectivity index (χ1n) is 13.7. The molecular weight excluding hydrogens is 665 g/mol. The van der Waals surface area contributed by atoms with Crippen molar-refractivity contribution in [1.29, 1.82) is 0 Å². The fourth-order valence-corrected chi connectivity index (χ4v) is 5.59. The van der Waals surface area contributed by atoms with Crippen LogP contribution in [-0.2, 0) is 25.4 Å². The van der Waals surface area contributed by atoms with Gasteiger partial charge in [0.15, 0.2) is 0 Å². The molecule has 0 N–H and O–H groups in total. The summed E-state index contributed by atoms with van der Waals surface area (Å²) in [6.45, 7) is 0. The molecule has 46 heavy (non-hydrogen) atoms. The van der Waals surface area contributed by atoms with Gasteiger partial charge in [0.25, 0.3) is 0 Å². The Morgan fingerprint density at radius 2 is 0.978 bits per heavy atom. The Morgan fingerprint density at radius 1 is 0.587 bits per heavy atom. The summed E-state index contributed by atoms with van der Waals surface area (Å²) in [5.41, 5.74) is 3.18. The van der Waals surface area contributed by atoms with Gasteiger partial charge < -0.3 is 9.97 Å². The van der Waals surface area contributed by atoms with E-state index in [-0.39, 0.29) is 30.9 Å². The van der Waals surface area contributed by atoms with E-state index in [1.54, 1.807) is 48.5 Å². The van der Waals surface area contributed by atoms with Crippen molar-refractivity contribution >= 4 is 58.0 Å². The molecule has 0 amide bonds. The number of aromatic nitrogens is 4. The number of alkyl halides is 5. The third-order valence-electron chi connectivity index (χ3n) is 7.55. The molecule has 2 aliphatic rings. The number of halogens is 5. The van der Waals surface area contributed by atoms with Crippen LogP contribution in [-0.4, -0.2) is 15.3 Å². The van der Waals surface area contributed by atoms with Gasteiger partial charge in [-0.3, -0.25) is 0 Å². The average Bonchev–Trinajstić information content (AvgIpc) is 3.85. The molecule has 2 aliphatic heterocycles. The van der Waals surface area contributed by atoms with Crippen LogP contribution in [0.3, 0.4) is 0 Å². The quantitative estimate of drug-likeness (QED) is 0.0804. The van der Waals surface area contributed by atoms with Gasteiger partial charge in [0.05, 0.1) is 28.3 Å². The molecule has 5 heterocycles. The van der Waals surface area contributed by atoms with E-state index in [1.807, 2.05) is 36.4 Å². The molecule has 0 unspecified atom stereocenters. The van der Waals surface area contributed by atoms with E-state index in [4.69, 9.17) is 28.0 Å². The Morgan fingerprint density at radius 3 is 1.37 bits per heavy atom. The maximum absolute atomic E-state index is 15.7. The first-order chi connectivity index (χ1) is 21.7. The van der Waals surface area contributed by atoms with Gasteiger partial charge in [-0.1, -0.05) is 90.8 Å². The van der Waals surface area contributed by atoms with E-state index in [9.17, 15) is 8.78 Å². The number of terminal acetylenes is 1. The molecular formula is C36H19ClF4N4Zn. The van der Waals surface area contributed by atoms with E-state index >= 15 is 8.78 Å². The van der Waals surface area contributed by atoms with Crippen LogP contribution in [0.2, 0.25) is 0 Å². The Balaban J connectivity index is 0.00000372. The molecule has 220 valence electrons. The minimum atomic E-state index is -4.94. The van der Waals surface area contributed by atoms with E-state index < -0.39 is 28.3 Å². The summed E-state index contributed by atoms with van der Waals surface area (Å²) < 4.78 is 60.2. The van der Waals surface area contributed by atoms with Crippen molar-refractivity contribution in [3.63, 3.8) is 0 Å². The van der Waals surface area contributed by atoms with Crippen molar-refractivity contribution in [1.82, 2.24) is 19.9 Å². The number of benzene rings is 2. The third kappa shape index (κ3) is 5.28. The number of hydrogen-bond donors (Lipinski definition) is 0. The van der Waals surface area contributed by atoms with Crippen LogP contribution >= 0.6 is 11.6 Å². The molecule has 10 heteroatoms. The molecule has 0 saturated carbocycles. The maximum Gasteiger partial charge on any atom is 2.00 e. The van der Waals surface area contributed by atoms with E-state index in [2.05, 4.69) is 15.9 Å². The topological polar surface area (TPSA) is 54.0 Å². The number of hydrogen-bond acceptors (Lipinski definition) is 2. The molecule has 0 atom stereocenters. The first-order valence-corrected chi connectivity index (χ1v) is 14.1. The second kappa shape index (κ2) is 11.9. The SMILES string of the molecule is C#Cc1c2ccc([n-]2)c(-c2ccccc2)c2nc(c(C(F)(F)C(F)(F)Cl)c3nc(c(-c4ccccc4)c4ccc1[n-]4)C=C3)C=C2.[Zn+2]. The standard InChI is InChI=1S/C36H19ClF4N4.Zn/c1-2-23-24-13-15-26(42-24)32(21-9-5-3-6-10-21)28-17-19-30(44-28)34(35(38,39)36(37,40)41)31-20-18-29(45-31)33(22-11-7-4-8-12-22)27-16-14-25(23)43-27;/h1,3-20H;/q-2;+2. The molecule has 4 nitrogen and oxygen atoms in total. The van der Waals surface area contributed by atoms with E-state index in [1.165, 1.54) is 24.3 Å². The minimum absolute atomic E-state index is 0. The zero-order chi connectivity index (χ0) is 31.3. The predicted molar refractivity (Wildman–Crippen MR) is 170 cm³/mol. The van der Waals surface area contributed by atoms with Crippen molar-refractivity contribution < 1.29 is 37.0 Å². The second-order valence-corrected chi connectivity index (χ2v) is 10.8. The van der Waals surface area contributed by atoms with Crippen molar-refractivity contribution in [2.75, 3.05) is 0 Å². The van der Waals surface area contributed by atoms with Crippen molar-refractivity contribution in [2.45, 2.75) is 11.3 Å². The van der Waals surface area contributed by atoms with Gasteiger partial charge in [-0.2, -0.15) is 17.6 Å². The van der Waals surface area contributed by atoms with E-state index in [0.29, 0.717) is 49.9 Å². The fraction of sp³-hybridized carbons (Fsp3) is 0.0556. The zero-order valence-corrected chi connectivity index (χ0v) is 27.6. The van der Waals surface area contributed by atoms with Gasteiger partial charge in [0.2, 0.25) is 0 Å². The first kappa shape index (κ1) is 31.2. The predicted octanol–water partition coefficient (Wildman–Crippen LogP) is 9.15. The van der Waals surface area contributed by atoms with Crippen LogP contribution in [0.15, 0.2) is 84.9 Å². The Bertz CT molecular complexity index is 2110. The van der Waals surface area contributed by atoms with Gasteiger partial charge in [-0.15, -0.1) is 28.5 Å². The molecule has 8 bridgehead atoms. The van der Waals surface area contributed by atoms with Gasteiger partial charge >= 0.3 is 30.8 Å². The van der Waals surface area contributed by atoms with Gasteiger partial charge in [-0.25, -0.2) is 9.97 Å². The van der Waals surface area contributed by atoms with Crippen molar-refractivity contribution in [3.05, 3.63) is 119 Å². The molecule has 0 radical (unpaired) electrons. The molecule has 0 saturated heterocycles. The van der Waals surface area contributed by atoms with Crippen molar-refractivity contribution in [2.24, 2.45) is 0 Å². The minimum Gasteiger partial charge on any atom is -0.656 e. The van der Waals surface area contributed by atoms with Crippen LogP contribution in [0.4, 0.5) is 17.6 Å². The summed E-state index contributed by atoms with van der Waals surface area (Å²) in [4.78, 5) is 18.5. The Labute approximate surface area is 278 Å². The summed E-state index contributed by atoms with van der Waals surface area (Å²) in [7, 11) is 0. The molecule has 2 aromatic carbocycles. The zero-order valence-electron chi connectivity index (χ0n) is 23.9. The molecule has 3 aromatic heterocycles. The smallest absolute Gasteiger partial charge is 0.656 e. The summed E-state index contributed by atoms with van der Waals surface area (Å²) in [5, 5.41) is -4.94. The summed E-state index contributed by atoms with van der Waals surface area (Å²) in [6, 6.07) is 25.1. The van der Waals surface area contributed by atoms with Gasteiger partial charge in [-0.05, 0) is 63.7 Å². The third-order valence-corrected chi connectivity index (χ3v) is 7.79. The maximum atomic E-state index is 15.7. The average molecular weight is 684 g/mol. The fourth-order valence-electron chi connectivity index (χ4n) is 5.50.